The number of hydrogen-bond donors (Lipinski definition) is 0. The van der Waals surface area contributed by atoms with Gasteiger partial charge in [-0.15, -0.1) is 0 Å². The van der Waals surface area contributed by atoms with E-state index >= 15 is 0 Å². The van der Waals surface area contributed by atoms with Crippen molar-refractivity contribution >= 4 is 11.6 Å². The molecular weight excluding hydrogens is 512 g/mol. The number of aryl methyl sites for hydroxylation is 1. The van der Waals surface area contributed by atoms with Gasteiger partial charge < -0.3 is 14.2 Å². The Morgan fingerprint density at radius 3 is 2.39 bits per heavy atom. The van der Waals surface area contributed by atoms with Gasteiger partial charge in [0.25, 0.3) is 0 Å². The first-order valence-corrected chi connectivity index (χ1v) is 16.0. The Bertz CT molecular complexity index is 1420. The summed E-state index contributed by atoms with van der Waals surface area (Å²) in [6, 6.07) is 13.0. The Labute approximate surface area is 242 Å². The second kappa shape index (κ2) is 9.82. The second-order valence-corrected chi connectivity index (χ2v) is 13.9. The smallest absolute Gasteiger partial charge is 0.230 e. The topological polar surface area (TPSA) is 73.4 Å². The van der Waals surface area contributed by atoms with Gasteiger partial charge in [0.05, 0.1) is 5.69 Å². The number of rotatable bonds is 8. The predicted octanol–water partition coefficient (Wildman–Crippen LogP) is 6.88. The first-order valence-electron chi connectivity index (χ1n) is 16.0. The van der Waals surface area contributed by atoms with Crippen LogP contribution in [-0.2, 0) is 22.0 Å². The van der Waals surface area contributed by atoms with Crippen LogP contribution >= 0.6 is 0 Å². The van der Waals surface area contributed by atoms with Gasteiger partial charge in [-0.25, -0.2) is 0 Å². The molecule has 0 N–H and O–H groups in total. The maximum Gasteiger partial charge on any atom is 0.230 e. The molecule has 41 heavy (non-hydrogen) atoms. The summed E-state index contributed by atoms with van der Waals surface area (Å²) in [4.78, 5) is 16.4. The van der Waals surface area contributed by atoms with E-state index in [2.05, 4.69) is 58.2 Å². The first-order chi connectivity index (χ1) is 20.0. The largest absolute Gasteiger partial charge is 0.381 e. The number of carbonyl (C=O) groups is 1. The fourth-order valence-corrected chi connectivity index (χ4v) is 8.06. The molecule has 7 nitrogen and oxygen atoms in total. The van der Waals surface area contributed by atoms with Gasteiger partial charge in [-0.2, -0.15) is 5.10 Å². The third kappa shape index (κ3) is 4.74. The monoisotopic (exact) mass is 554 g/mol. The first kappa shape index (κ1) is 25.8. The minimum atomic E-state index is 0.0267. The summed E-state index contributed by atoms with van der Waals surface area (Å²) in [5.74, 6) is 2.50. The molecule has 5 aliphatic carbocycles. The predicted molar refractivity (Wildman–Crippen MR) is 157 cm³/mol. The van der Waals surface area contributed by atoms with Crippen LogP contribution in [-0.4, -0.2) is 40.6 Å². The SMILES string of the molecule is Cn1nc(C2CC2)cc1C12CCC(CN(C(=O)C3CCOCC3)c3cccc(-c4cc(C5CC5)on4)c3)(CC1)CC2. The summed E-state index contributed by atoms with van der Waals surface area (Å²) in [6.45, 7) is 2.15. The molecule has 0 radical (unpaired) electrons. The highest BCUT2D eigenvalue weighted by Crippen LogP contribution is 2.58. The Hall–Kier alpha value is -2.93. The molecule has 1 amide bonds. The van der Waals surface area contributed by atoms with Crippen LogP contribution in [0.1, 0.15) is 106 Å². The van der Waals surface area contributed by atoms with Gasteiger partial charge in [0.15, 0.2) is 0 Å². The van der Waals surface area contributed by atoms with E-state index in [0.29, 0.717) is 25.0 Å². The van der Waals surface area contributed by atoms with Gasteiger partial charge >= 0.3 is 0 Å². The molecular formula is C34H42N4O3. The highest BCUT2D eigenvalue weighted by molar-refractivity contribution is 5.95. The number of carbonyl (C=O) groups excluding carboxylic acids is 1. The molecule has 3 heterocycles. The zero-order valence-electron chi connectivity index (χ0n) is 24.3. The lowest BCUT2D eigenvalue weighted by molar-refractivity contribution is -0.126. The van der Waals surface area contributed by atoms with E-state index in [0.717, 1.165) is 42.1 Å². The summed E-state index contributed by atoms with van der Waals surface area (Å²) < 4.78 is 13.5. The number of nitrogens with zero attached hydrogens (tertiary/aromatic N) is 4. The molecule has 9 rings (SSSR count). The molecule has 6 aliphatic rings. The van der Waals surface area contributed by atoms with E-state index in [-0.39, 0.29) is 22.7 Å². The highest BCUT2D eigenvalue weighted by Gasteiger charge is 2.52. The Morgan fingerprint density at radius 1 is 0.951 bits per heavy atom. The number of benzene rings is 1. The molecule has 0 spiro atoms. The van der Waals surface area contributed by atoms with Crippen molar-refractivity contribution in [3.05, 3.63) is 53.5 Å². The van der Waals surface area contributed by atoms with Crippen LogP contribution in [0.15, 0.2) is 40.9 Å². The number of ether oxygens (including phenoxy) is 1. The number of fused-ring (bicyclic) bond motifs is 3. The van der Waals surface area contributed by atoms with E-state index in [4.69, 9.17) is 14.4 Å². The van der Waals surface area contributed by atoms with Crippen molar-refractivity contribution in [2.45, 2.75) is 94.3 Å². The Kier molecular flexibility index (Phi) is 6.17. The molecule has 1 saturated heterocycles. The van der Waals surface area contributed by atoms with E-state index in [1.165, 1.54) is 75.6 Å². The number of aromatic nitrogens is 3. The van der Waals surface area contributed by atoms with Crippen molar-refractivity contribution in [2.75, 3.05) is 24.7 Å². The van der Waals surface area contributed by atoms with Crippen molar-refractivity contribution in [3.63, 3.8) is 0 Å². The van der Waals surface area contributed by atoms with E-state index in [1.54, 1.807) is 0 Å². The summed E-state index contributed by atoms with van der Waals surface area (Å²) in [6.07, 6.45) is 13.7. The standard InChI is InChI=1S/C34H42N4O3/c1-37-31(21-28(35-37)23-5-6-23)34-14-11-33(12-15-34,13-16-34)22-38(32(39)25-9-17-40-18-10-25)27-4-2-3-26(19-27)29-20-30(41-36-29)24-7-8-24/h2-4,19-21,23-25H,5-18,22H2,1H3. The fourth-order valence-electron chi connectivity index (χ4n) is 8.06. The molecule has 1 aromatic carbocycles. The lowest BCUT2D eigenvalue weighted by atomic mass is 9.52. The van der Waals surface area contributed by atoms with Crippen molar-refractivity contribution in [1.29, 1.82) is 0 Å². The van der Waals surface area contributed by atoms with Gasteiger partial charge in [0.2, 0.25) is 5.91 Å². The summed E-state index contributed by atoms with van der Waals surface area (Å²) in [5, 5.41) is 9.32. The van der Waals surface area contributed by atoms with Gasteiger partial charge in [-0.1, -0.05) is 17.3 Å². The average molecular weight is 555 g/mol. The van der Waals surface area contributed by atoms with Crippen molar-refractivity contribution in [2.24, 2.45) is 18.4 Å². The molecule has 0 atom stereocenters. The van der Waals surface area contributed by atoms with Crippen LogP contribution in [0.3, 0.4) is 0 Å². The van der Waals surface area contributed by atoms with E-state index < -0.39 is 0 Å². The Balaban J connectivity index is 1.06. The van der Waals surface area contributed by atoms with Crippen molar-refractivity contribution in [3.8, 4) is 11.3 Å². The minimum absolute atomic E-state index is 0.0267. The van der Waals surface area contributed by atoms with Crippen LogP contribution in [0.4, 0.5) is 5.69 Å². The van der Waals surface area contributed by atoms with Gasteiger partial charge in [-0.3, -0.25) is 9.48 Å². The second-order valence-electron chi connectivity index (χ2n) is 13.9. The molecule has 216 valence electrons. The summed E-state index contributed by atoms with van der Waals surface area (Å²) in [5.41, 5.74) is 6.06. The molecule has 0 unspecified atom stereocenters. The van der Waals surface area contributed by atoms with Gasteiger partial charge in [0.1, 0.15) is 11.5 Å². The maximum absolute atomic E-state index is 14.2. The van der Waals surface area contributed by atoms with Crippen LogP contribution in [0.25, 0.3) is 11.3 Å². The third-order valence-corrected chi connectivity index (χ3v) is 11.1. The number of amides is 1. The molecule has 5 saturated carbocycles. The quantitative estimate of drug-likeness (QED) is 0.303. The molecule has 2 aromatic heterocycles. The molecule has 2 bridgehead atoms. The van der Waals surface area contributed by atoms with E-state index in [1.807, 2.05) is 0 Å². The molecule has 3 aromatic rings. The zero-order valence-corrected chi connectivity index (χ0v) is 24.3. The van der Waals surface area contributed by atoms with Crippen LogP contribution < -0.4 is 4.90 Å². The highest BCUT2D eigenvalue weighted by atomic mass is 16.5. The van der Waals surface area contributed by atoms with Gasteiger partial charge in [-0.05, 0) is 101 Å². The summed E-state index contributed by atoms with van der Waals surface area (Å²) >= 11 is 0. The molecule has 1 aliphatic heterocycles. The number of hydrogen-bond acceptors (Lipinski definition) is 5. The van der Waals surface area contributed by atoms with Gasteiger partial charge in [0, 0.05) is 73.0 Å². The molecule has 7 heteroatoms. The zero-order chi connectivity index (χ0) is 27.6. The lowest BCUT2D eigenvalue weighted by Gasteiger charge is -2.54. The van der Waals surface area contributed by atoms with Crippen LogP contribution in [0.2, 0.25) is 0 Å². The summed E-state index contributed by atoms with van der Waals surface area (Å²) in [7, 11) is 2.15. The third-order valence-electron chi connectivity index (χ3n) is 11.1. The average Bonchev–Trinajstić information content (AvgIpc) is 3.97. The normalized spacial score (nSPS) is 28.2. The Morgan fingerprint density at radius 2 is 1.68 bits per heavy atom. The van der Waals surface area contributed by atoms with Crippen molar-refractivity contribution < 1.29 is 14.1 Å². The minimum Gasteiger partial charge on any atom is -0.381 e. The van der Waals surface area contributed by atoms with Crippen molar-refractivity contribution in [1.82, 2.24) is 14.9 Å². The fraction of sp³-hybridized carbons (Fsp3) is 0.618. The molecule has 6 fully saturated rings. The van der Waals surface area contributed by atoms with Crippen LogP contribution in [0.5, 0.6) is 0 Å². The maximum atomic E-state index is 14.2. The van der Waals surface area contributed by atoms with Crippen LogP contribution in [0, 0.1) is 11.3 Å². The number of anilines is 1. The van der Waals surface area contributed by atoms with E-state index in [9.17, 15) is 4.79 Å². The lowest BCUT2D eigenvalue weighted by Crippen LogP contribution is -2.52.